The Morgan fingerprint density at radius 1 is 1.39 bits per heavy atom. The van der Waals surface area contributed by atoms with Crippen molar-refractivity contribution in [2.24, 2.45) is 5.73 Å². The molecule has 0 aliphatic heterocycles. The van der Waals surface area contributed by atoms with Crippen molar-refractivity contribution >= 4 is 21.6 Å². The van der Waals surface area contributed by atoms with Gasteiger partial charge in [0.15, 0.2) is 0 Å². The number of furan rings is 1. The summed E-state index contributed by atoms with van der Waals surface area (Å²) < 4.78 is 6.12. The van der Waals surface area contributed by atoms with Crippen LogP contribution in [0.4, 0.5) is 5.69 Å². The first kappa shape index (κ1) is 13.2. The average molecular weight is 309 g/mol. The second-order valence-corrected chi connectivity index (χ2v) is 5.34. The van der Waals surface area contributed by atoms with Crippen LogP contribution in [0.5, 0.6) is 0 Å². The van der Waals surface area contributed by atoms with Crippen molar-refractivity contribution < 1.29 is 4.42 Å². The van der Waals surface area contributed by atoms with Crippen molar-refractivity contribution in [2.45, 2.75) is 19.5 Å². The van der Waals surface area contributed by atoms with Crippen molar-refractivity contribution in [1.82, 2.24) is 0 Å². The summed E-state index contributed by atoms with van der Waals surface area (Å²) in [5.41, 5.74) is 9.32. The van der Waals surface area contributed by atoms with E-state index in [2.05, 4.69) is 46.1 Å². The Hall–Kier alpha value is -1.26. The first-order valence-corrected chi connectivity index (χ1v) is 6.64. The summed E-state index contributed by atoms with van der Waals surface area (Å²) in [5.74, 6) is 0. The van der Waals surface area contributed by atoms with Gasteiger partial charge in [0.05, 0.1) is 12.5 Å². The molecule has 1 unspecified atom stereocenters. The molecule has 1 atom stereocenters. The van der Waals surface area contributed by atoms with Crippen LogP contribution in [0.25, 0.3) is 0 Å². The van der Waals surface area contributed by atoms with Gasteiger partial charge in [-0.2, -0.15) is 0 Å². The van der Waals surface area contributed by atoms with Gasteiger partial charge in [-0.15, -0.1) is 0 Å². The van der Waals surface area contributed by atoms with E-state index in [9.17, 15) is 0 Å². The number of anilines is 1. The third-order valence-corrected chi connectivity index (χ3v) is 3.60. The number of hydrogen-bond acceptors (Lipinski definition) is 3. The smallest absolute Gasteiger partial charge is 0.0952 e. The maximum Gasteiger partial charge on any atom is 0.0952 e. The lowest BCUT2D eigenvalue weighted by Gasteiger charge is -2.20. The van der Waals surface area contributed by atoms with Crippen LogP contribution in [-0.4, -0.2) is 7.05 Å². The first-order valence-electron chi connectivity index (χ1n) is 5.85. The van der Waals surface area contributed by atoms with E-state index < -0.39 is 0 Å². The minimum atomic E-state index is 0.0348. The molecular formula is C14H17BrN2O. The van der Waals surface area contributed by atoms with Crippen LogP contribution >= 0.6 is 15.9 Å². The molecule has 0 amide bonds. The van der Waals surface area contributed by atoms with Crippen LogP contribution < -0.4 is 10.6 Å². The molecule has 0 aliphatic carbocycles. The van der Waals surface area contributed by atoms with Crippen LogP contribution in [-0.2, 0) is 6.54 Å². The van der Waals surface area contributed by atoms with Crippen LogP contribution in [0.15, 0.2) is 45.7 Å². The summed E-state index contributed by atoms with van der Waals surface area (Å²) in [6.45, 7) is 2.80. The zero-order valence-corrected chi connectivity index (χ0v) is 12.1. The third kappa shape index (κ3) is 2.94. The molecule has 1 aromatic heterocycles. The largest absolute Gasteiger partial charge is 0.472 e. The predicted octanol–water partition coefficient (Wildman–Crippen LogP) is 3.70. The molecule has 0 fully saturated rings. The molecule has 0 aliphatic rings. The second-order valence-electron chi connectivity index (χ2n) is 4.48. The number of hydrogen-bond donors (Lipinski definition) is 1. The molecule has 2 N–H and O–H groups in total. The van der Waals surface area contributed by atoms with E-state index in [0.29, 0.717) is 0 Å². The van der Waals surface area contributed by atoms with Crippen molar-refractivity contribution in [3.05, 3.63) is 52.4 Å². The van der Waals surface area contributed by atoms with Gasteiger partial charge >= 0.3 is 0 Å². The summed E-state index contributed by atoms with van der Waals surface area (Å²) in [5, 5.41) is 0. The molecule has 0 radical (unpaired) electrons. The molecule has 96 valence electrons. The quantitative estimate of drug-likeness (QED) is 0.936. The lowest BCUT2D eigenvalue weighted by Crippen LogP contribution is -2.16. The van der Waals surface area contributed by atoms with Crippen LogP contribution in [0.1, 0.15) is 24.1 Å². The highest BCUT2D eigenvalue weighted by molar-refractivity contribution is 9.10. The van der Waals surface area contributed by atoms with Gasteiger partial charge in [-0.25, -0.2) is 0 Å². The van der Waals surface area contributed by atoms with Crippen molar-refractivity contribution in [3.8, 4) is 0 Å². The number of halogens is 1. The van der Waals surface area contributed by atoms with Gasteiger partial charge in [0, 0.05) is 35.4 Å². The number of nitrogens with zero attached hydrogens (tertiary/aromatic N) is 1. The van der Waals surface area contributed by atoms with Gasteiger partial charge in [-0.3, -0.25) is 0 Å². The lowest BCUT2D eigenvalue weighted by molar-refractivity contribution is 0.563. The molecule has 1 aromatic carbocycles. The second kappa shape index (κ2) is 5.59. The fourth-order valence-electron chi connectivity index (χ4n) is 1.87. The summed E-state index contributed by atoms with van der Waals surface area (Å²) in [6, 6.07) is 8.26. The normalized spacial score (nSPS) is 12.4. The van der Waals surface area contributed by atoms with Gasteiger partial charge in [-0.1, -0.05) is 22.0 Å². The van der Waals surface area contributed by atoms with E-state index in [4.69, 9.17) is 10.2 Å². The Labute approximate surface area is 116 Å². The molecular weight excluding hydrogens is 292 g/mol. The summed E-state index contributed by atoms with van der Waals surface area (Å²) in [4.78, 5) is 2.17. The Morgan fingerprint density at radius 3 is 2.72 bits per heavy atom. The molecule has 0 saturated heterocycles. The molecule has 1 heterocycles. The van der Waals surface area contributed by atoms with E-state index >= 15 is 0 Å². The van der Waals surface area contributed by atoms with Crippen LogP contribution in [0.2, 0.25) is 0 Å². The predicted molar refractivity (Wildman–Crippen MR) is 77.6 cm³/mol. The van der Waals surface area contributed by atoms with Crippen molar-refractivity contribution in [1.29, 1.82) is 0 Å². The Balaban J connectivity index is 2.16. The van der Waals surface area contributed by atoms with E-state index in [1.807, 2.05) is 13.0 Å². The minimum absolute atomic E-state index is 0.0348. The van der Waals surface area contributed by atoms with Crippen LogP contribution in [0, 0.1) is 0 Å². The van der Waals surface area contributed by atoms with Gasteiger partial charge < -0.3 is 15.1 Å². The van der Waals surface area contributed by atoms with E-state index in [-0.39, 0.29) is 6.04 Å². The fourth-order valence-corrected chi connectivity index (χ4v) is 2.60. The van der Waals surface area contributed by atoms with E-state index in [0.717, 1.165) is 27.8 Å². The van der Waals surface area contributed by atoms with E-state index in [1.165, 1.54) is 0 Å². The fraction of sp³-hybridized carbons (Fsp3) is 0.286. The zero-order chi connectivity index (χ0) is 13.1. The minimum Gasteiger partial charge on any atom is -0.472 e. The highest BCUT2D eigenvalue weighted by Crippen LogP contribution is 2.27. The first-order chi connectivity index (χ1) is 8.58. The molecule has 0 spiro atoms. The summed E-state index contributed by atoms with van der Waals surface area (Å²) in [7, 11) is 2.06. The van der Waals surface area contributed by atoms with E-state index in [1.54, 1.807) is 12.5 Å². The molecule has 2 aromatic rings. The summed E-state index contributed by atoms with van der Waals surface area (Å²) in [6.07, 6.45) is 3.46. The van der Waals surface area contributed by atoms with Gasteiger partial charge in [0.1, 0.15) is 0 Å². The summed E-state index contributed by atoms with van der Waals surface area (Å²) >= 11 is 3.57. The Morgan fingerprint density at radius 2 is 2.17 bits per heavy atom. The Kier molecular flexibility index (Phi) is 4.09. The number of rotatable bonds is 4. The highest BCUT2D eigenvalue weighted by atomic mass is 79.9. The lowest BCUT2D eigenvalue weighted by atomic mass is 10.1. The Bertz CT molecular complexity index is 509. The number of benzene rings is 1. The average Bonchev–Trinajstić information content (AvgIpc) is 2.81. The number of nitrogens with two attached hydrogens (primary N) is 1. The van der Waals surface area contributed by atoms with Crippen molar-refractivity contribution in [2.75, 3.05) is 11.9 Å². The topological polar surface area (TPSA) is 42.4 Å². The molecule has 0 saturated carbocycles. The zero-order valence-electron chi connectivity index (χ0n) is 10.6. The van der Waals surface area contributed by atoms with Gasteiger partial charge in [0.2, 0.25) is 0 Å². The molecule has 18 heavy (non-hydrogen) atoms. The molecule has 2 rings (SSSR count). The molecule has 3 nitrogen and oxygen atoms in total. The third-order valence-electron chi connectivity index (χ3n) is 2.92. The van der Waals surface area contributed by atoms with Crippen LogP contribution in [0.3, 0.4) is 0 Å². The molecule has 4 heteroatoms. The monoisotopic (exact) mass is 308 g/mol. The van der Waals surface area contributed by atoms with Gasteiger partial charge in [-0.05, 0) is 30.7 Å². The molecule has 0 bridgehead atoms. The maximum atomic E-state index is 5.89. The highest BCUT2D eigenvalue weighted by Gasteiger charge is 2.08. The maximum absolute atomic E-state index is 5.89. The SMILES string of the molecule is CC(N)c1ccc(N(C)Cc2ccoc2)cc1Br. The van der Waals surface area contributed by atoms with Gasteiger partial charge in [0.25, 0.3) is 0 Å². The standard InChI is InChI=1S/C14H17BrN2O/c1-10(16)13-4-3-12(7-14(13)15)17(2)8-11-5-6-18-9-11/h3-7,9-10H,8,16H2,1-2H3. The van der Waals surface area contributed by atoms with Crippen molar-refractivity contribution in [3.63, 3.8) is 0 Å².